The molecule has 0 radical (unpaired) electrons. The Balaban J connectivity index is 1.65. The van der Waals surface area contributed by atoms with Crippen LogP contribution in [0, 0.1) is 13.8 Å². The molecule has 8 heteroatoms. The van der Waals surface area contributed by atoms with Gasteiger partial charge < -0.3 is 10.4 Å². The molecule has 0 atom stereocenters. The minimum atomic E-state index is -0.911. The first kappa shape index (κ1) is 18.4. The number of aromatic nitrogens is 4. The van der Waals surface area contributed by atoms with Gasteiger partial charge in [0.2, 0.25) is 0 Å². The third-order valence-electron chi connectivity index (χ3n) is 4.07. The summed E-state index contributed by atoms with van der Waals surface area (Å²) in [6.45, 7) is 4.81. The Morgan fingerprint density at radius 2 is 1.96 bits per heavy atom. The second-order valence-electron chi connectivity index (χ2n) is 6.38. The van der Waals surface area contributed by atoms with Gasteiger partial charge in [-0.25, -0.2) is 0 Å². The lowest BCUT2D eigenvalue weighted by molar-refractivity contribution is -0.137. The third-order valence-corrected chi connectivity index (χ3v) is 4.07. The van der Waals surface area contributed by atoms with E-state index >= 15 is 0 Å². The van der Waals surface area contributed by atoms with E-state index in [-0.39, 0.29) is 24.6 Å². The number of benzene rings is 1. The number of carbonyl (C=O) groups excluding carboxylic acids is 1. The molecule has 0 unspecified atom stereocenters. The van der Waals surface area contributed by atoms with Gasteiger partial charge in [-0.05, 0) is 25.5 Å². The summed E-state index contributed by atoms with van der Waals surface area (Å²) < 4.78 is 3.26. The van der Waals surface area contributed by atoms with E-state index < -0.39 is 5.97 Å². The van der Waals surface area contributed by atoms with Gasteiger partial charge in [0.05, 0.1) is 19.5 Å². The molecule has 2 aromatic heterocycles. The van der Waals surface area contributed by atoms with Crippen LogP contribution in [-0.4, -0.2) is 36.5 Å². The SMILES string of the molecule is Cc1cccc(Cn2nc(NC(=O)c3ccn(CCC(=O)O)n3)cc2C)c1. The van der Waals surface area contributed by atoms with Crippen LogP contribution in [0.15, 0.2) is 42.6 Å². The number of anilines is 1. The molecule has 0 bridgehead atoms. The van der Waals surface area contributed by atoms with Crippen LogP contribution in [-0.2, 0) is 17.9 Å². The highest BCUT2D eigenvalue weighted by atomic mass is 16.4. The lowest BCUT2D eigenvalue weighted by atomic mass is 10.1. The average Bonchev–Trinajstić information content (AvgIpc) is 3.20. The molecule has 0 aliphatic heterocycles. The maximum atomic E-state index is 12.3. The summed E-state index contributed by atoms with van der Waals surface area (Å²) in [5, 5.41) is 20.0. The first-order chi connectivity index (χ1) is 12.9. The molecule has 0 aliphatic carbocycles. The number of hydrogen-bond donors (Lipinski definition) is 2. The molecule has 2 heterocycles. The molecule has 1 amide bonds. The minimum Gasteiger partial charge on any atom is -0.481 e. The normalized spacial score (nSPS) is 10.7. The maximum absolute atomic E-state index is 12.3. The Morgan fingerprint density at radius 1 is 1.15 bits per heavy atom. The van der Waals surface area contributed by atoms with E-state index in [0.717, 1.165) is 11.3 Å². The number of aliphatic carboxylic acids is 1. The first-order valence-corrected chi connectivity index (χ1v) is 8.57. The van der Waals surface area contributed by atoms with Gasteiger partial charge in [-0.1, -0.05) is 29.8 Å². The van der Waals surface area contributed by atoms with E-state index in [1.165, 1.54) is 10.2 Å². The number of hydrogen-bond acceptors (Lipinski definition) is 4. The van der Waals surface area contributed by atoms with E-state index in [4.69, 9.17) is 5.11 Å². The molecule has 0 fully saturated rings. The fourth-order valence-corrected chi connectivity index (χ4v) is 2.71. The maximum Gasteiger partial charge on any atom is 0.305 e. The molecule has 0 aliphatic rings. The van der Waals surface area contributed by atoms with Gasteiger partial charge in [-0.15, -0.1) is 0 Å². The molecular formula is C19H21N5O3. The third kappa shape index (κ3) is 4.81. The molecule has 3 aromatic rings. The molecule has 8 nitrogen and oxygen atoms in total. The van der Waals surface area contributed by atoms with Gasteiger partial charge in [0.1, 0.15) is 0 Å². The first-order valence-electron chi connectivity index (χ1n) is 8.57. The van der Waals surface area contributed by atoms with Crippen molar-refractivity contribution in [2.24, 2.45) is 0 Å². The van der Waals surface area contributed by atoms with Crippen molar-refractivity contribution < 1.29 is 14.7 Å². The molecule has 0 saturated heterocycles. The molecule has 140 valence electrons. The standard InChI is InChI=1S/C19H21N5O3/c1-13-4-3-5-15(10-13)12-24-14(2)11-17(22-24)20-19(27)16-6-8-23(21-16)9-7-18(25)26/h3-6,8,10-11H,7,9,12H2,1-2H3,(H,25,26)(H,20,22,27). The smallest absolute Gasteiger partial charge is 0.305 e. The van der Waals surface area contributed by atoms with Crippen molar-refractivity contribution in [2.45, 2.75) is 33.4 Å². The van der Waals surface area contributed by atoms with Crippen LogP contribution in [0.3, 0.4) is 0 Å². The van der Waals surface area contributed by atoms with Crippen molar-refractivity contribution >= 4 is 17.7 Å². The van der Waals surface area contributed by atoms with Crippen LogP contribution in [0.2, 0.25) is 0 Å². The highest BCUT2D eigenvalue weighted by Gasteiger charge is 2.13. The summed E-state index contributed by atoms with van der Waals surface area (Å²) in [6, 6.07) is 11.5. The highest BCUT2D eigenvalue weighted by Crippen LogP contribution is 2.13. The Bertz CT molecular complexity index is 973. The largest absolute Gasteiger partial charge is 0.481 e. The number of carboxylic acids is 1. The zero-order chi connectivity index (χ0) is 19.4. The number of amides is 1. The van der Waals surface area contributed by atoms with Crippen molar-refractivity contribution in [1.82, 2.24) is 19.6 Å². The topological polar surface area (TPSA) is 102 Å². The number of carbonyl (C=O) groups is 2. The molecule has 1 aromatic carbocycles. The van der Waals surface area contributed by atoms with Gasteiger partial charge in [0, 0.05) is 18.0 Å². The van der Waals surface area contributed by atoms with Gasteiger partial charge in [-0.3, -0.25) is 19.0 Å². The summed E-state index contributed by atoms with van der Waals surface area (Å²) in [6.07, 6.45) is 1.53. The number of aryl methyl sites for hydroxylation is 3. The highest BCUT2D eigenvalue weighted by molar-refractivity contribution is 6.02. The summed E-state index contributed by atoms with van der Waals surface area (Å²) >= 11 is 0. The van der Waals surface area contributed by atoms with Gasteiger partial charge in [-0.2, -0.15) is 10.2 Å². The van der Waals surface area contributed by atoms with Crippen LogP contribution >= 0.6 is 0 Å². The van der Waals surface area contributed by atoms with E-state index in [2.05, 4.69) is 21.6 Å². The minimum absolute atomic E-state index is 0.0503. The molecule has 2 N–H and O–H groups in total. The zero-order valence-electron chi connectivity index (χ0n) is 15.2. The van der Waals surface area contributed by atoms with Crippen molar-refractivity contribution in [1.29, 1.82) is 0 Å². The van der Waals surface area contributed by atoms with Crippen LogP contribution in [0.5, 0.6) is 0 Å². The summed E-state index contributed by atoms with van der Waals surface area (Å²) in [5.74, 6) is -0.847. The lowest BCUT2D eigenvalue weighted by Gasteiger charge is -2.05. The predicted molar refractivity (Wildman–Crippen MR) is 99.7 cm³/mol. The predicted octanol–water partition coefficient (Wildman–Crippen LogP) is 2.47. The van der Waals surface area contributed by atoms with Gasteiger partial charge >= 0.3 is 5.97 Å². The molecule has 0 spiro atoms. The van der Waals surface area contributed by atoms with Crippen molar-refractivity contribution in [3.05, 3.63) is 65.1 Å². The Hall–Kier alpha value is -3.42. The lowest BCUT2D eigenvalue weighted by Crippen LogP contribution is -2.14. The summed E-state index contributed by atoms with van der Waals surface area (Å²) in [7, 11) is 0. The molecular weight excluding hydrogens is 346 g/mol. The zero-order valence-corrected chi connectivity index (χ0v) is 15.2. The van der Waals surface area contributed by atoms with Crippen LogP contribution in [0.25, 0.3) is 0 Å². The summed E-state index contributed by atoms with van der Waals surface area (Å²) in [5.41, 5.74) is 3.46. The van der Waals surface area contributed by atoms with Crippen LogP contribution in [0.4, 0.5) is 5.82 Å². The van der Waals surface area contributed by atoms with Gasteiger partial charge in [0.25, 0.3) is 5.91 Å². The quantitative estimate of drug-likeness (QED) is 0.668. The number of rotatable bonds is 7. The van der Waals surface area contributed by atoms with Crippen LogP contribution in [0.1, 0.15) is 33.7 Å². The fraction of sp³-hybridized carbons (Fsp3) is 0.263. The average molecular weight is 367 g/mol. The summed E-state index contributed by atoms with van der Waals surface area (Å²) in [4.78, 5) is 22.9. The van der Waals surface area contributed by atoms with Crippen molar-refractivity contribution in [2.75, 3.05) is 5.32 Å². The van der Waals surface area contributed by atoms with E-state index in [0.29, 0.717) is 12.4 Å². The van der Waals surface area contributed by atoms with E-state index in [1.54, 1.807) is 18.3 Å². The number of nitrogens with one attached hydrogen (secondary N) is 1. The number of nitrogens with zero attached hydrogens (tertiary/aromatic N) is 4. The van der Waals surface area contributed by atoms with E-state index in [9.17, 15) is 9.59 Å². The monoisotopic (exact) mass is 367 g/mol. The molecule has 27 heavy (non-hydrogen) atoms. The van der Waals surface area contributed by atoms with Crippen molar-refractivity contribution in [3.63, 3.8) is 0 Å². The molecule has 0 saturated carbocycles. The van der Waals surface area contributed by atoms with Crippen molar-refractivity contribution in [3.8, 4) is 0 Å². The van der Waals surface area contributed by atoms with E-state index in [1.807, 2.05) is 36.7 Å². The Kier molecular flexibility index (Phi) is 5.35. The van der Waals surface area contributed by atoms with Crippen LogP contribution < -0.4 is 5.32 Å². The fourth-order valence-electron chi connectivity index (χ4n) is 2.71. The molecule has 3 rings (SSSR count). The Morgan fingerprint density at radius 3 is 2.70 bits per heavy atom. The number of carboxylic acid groups (broad SMARTS) is 1. The second-order valence-corrected chi connectivity index (χ2v) is 6.38. The Labute approximate surface area is 156 Å². The van der Waals surface area contributed by atoms with Gasteiger partial charge in [0.15, 0.2) is 11.5 Å². The second kappa shape index (κ2) is 7.86.